The number of rotatable bonds is 9. The molecule has 6 nitrogen and oxygen atoms in total. The molecule has 2 saturated carbocycles. The summed E-state index contributed by atoms with van der Waals surface area (Å²) >= 11 is 0. The van der Waals surface area contributed by atoms with Crippen LogP contribution in [0, 0.1) is 28.6 Å². The molecule has 0 spiro atoms. The van der Waals surface area contributed by atoms with Crippen LogP contribution in [-0.4, -0.2) is 47.6 Å². The number of carbonyl (C=O) groups is 2. The molecule has 2 N–H and O–H groups in total. The van der Waals surface area contributed by atoms with Gasteiger partial charge in [0, 0.05) is 12.3 Å². The van der Waals surface area contributed by atoms with E-state index in [2.05, 4.69) is 20.4 Å². The first-order chi connectivity index (χ1) is 15.3. The predicted octanol–water partition coefficient (Wildman–Crippen LogP) is 4.59. The highest BCUT2D eigenvalue weighted by atomic mass is 16.5. The van der Waals surface area contributed by atoms with E-state index in [0.29, 0.717) is 19.3 Å². The summed E-state index contributed by atoms with van der Waals surface area (Å²) in [6.07, 6.45) is 4.94. The fourth-order valence-corrected chi connectivity index (χ4v) is 6.16. The molecule has 6 heteroatoms. The second kappa shape index (κ2) is 11.2. The van der Waals surface area contributed by atoms with Crippen molar-refractivity contribution in [3.8, 4) is 0 Å². The van der Waals surface area contributed by atoms with Gasteiger partial charge in [0.05, 0.1) is 24.7 Å². The summed E-state index contributed by atoms with van der Waals surface area (Å²) in [5.74, 6) is -0.474. The Hall–Kier alpha value is -1.66. The zero-order valence-electron chi connectivity index (χ0n) is 21.4. The first kappa shape index (κ1) is 27.6. The van der Waals surface area contributed by atoms with Crippen molar-refractivity contribution in [2.24, 2.45) is 28.6 Å². The second-order valence-electron chi connectivity index (χ2n) is 11.0. The minimum Gasteiger partial charge on any atom is -0.465 e. The zero-order valence-corrected chi connectivity index (χ0v) is 21.4. The summed E-state index contributed by atoms with van der Waals surface area (Å²) in [6.45, 7) is 16.3. The molecule has 0 aromatic carbocycles. The molecular weight excluding hydrogens is 420 g/mol. The number of aliphatic hydroxyl groups is 2. The third-order valence-electron chi connectivity index (χ3n) is 8.25. The van der Waals surface area contributed by atoms with Crippen LogP contribution in [0.15, 0.2) is 23.8 Å². The second-order valence-corrected chi connectivity index (χ2v) is 11.0. The van der Waals surface area contributed by atoms with Crippen LogP contribution < -0.4 is 0 Å². The average Bonchev–Trinajstić information content (AvgIpc) is 2.73. The van der Waals surface area contributed by atoms with Crippen LogP contribution in [0.2, 0.25) is 0 Å². The third-order valence-corrected chi connectivity index (χ3v) is 8.25. The van der Waals surface area contributed by atoms with Gasteiger partial charge in [0.25, 0.3) is 0 Å². The molecule has 188 valence electrons. The standard InChI is InChI=1S/C27H44O6/c1-8-18(3)25(31)32-12-11-17(2)9-10-22-19(4)23(30)13-24-26(6,16-33-20(5)28)14-21(29)15-27(22,24)7/h11,18,21-24,29-30H,4,8-10,12-16H2,1-3,5-7H3/b17-11+/t18-,21+,22-,23-,24+,26+,27+/m0/s1. The van der Waals surface area contributed by atoms with Crippen molar-refractivity contribution in [1.82, 2.24) is 0 Å². The molecule has 0 aromatic heterocycles. The quantitative estimate of drug-likeness (QED) is 0.383. The Morgan fingerprint density at radius 1 is 1.21 bits per heavy atom. The maximum atomic E-state index is 11.9. The summed E-state index contributed by atoms with van der Waals surface area (Å²) in [4.78, 5) is 23.4. The van der Waals surface area contributed by atoms with Crippen molar-refractivity contribution >= 4 is 11.9 Å². The number of carbonyl (C=O) groups excluding carboxylic acids is 2. The summed E-state index contributed by atoms with van der Waals surface area (Å²) in [5.41, 5.74) is 1.28. The van der Waals surface area contributed by atoms with Crippen LogP contribution in [0.3, 0.4) is 0 Å². The lowest BCUT2D eigenvalue weighted by Crippen LogP contribution is -2.58. The summed E-state index contributed by atoms with van der Waals surface area (Å²) in [7, 11) is 0. The number of esters is 2. The minimum absolute atomic E-state index is 0.0314. The van der Waals surface area contributed by atoms with Crippen LogP contribution in [0.5, 0.6) is 0 Å². The summed E-state index contributed by atoms with van der Waals surface area (Å²) in [5, 5.41) is 21.7. The van der Waals surface area contributed by atoms with E-state index in [0.717, 1.165) is 30.4 Å². The zero-order chi connectivity index (χ0) is 25.0. The molecule has 33 heavy (non-hydrogen) atoms. The first-order valence-corrected chi connectivity index (χ1v) is 12.3. The van der Waals surface area contributed by atoms with Crippen molar-refractivity contribution in [3.63, 3.8) is 0 Å². The maximum Gasteiger partial charge on any atom is 0.308 e. The summed E-state index contributed by atoms with van der Waals surface area (Å²) in [6, 6.07) is 0. The summed E-state index contributed by atoms with van der Waals surface area (Å²) < 4.78 is 10.7. The van der Waals surface area contributed by atoms with Crippen LogP contribution in [0.1, 0.15) is 80.1 Å². The molecule has 0 aliphatic heterocycles. The molecule has 2 rings (SSSR count). The lowest BCUT2D eigenvalue weighted by atomic mass is 9.45. The number of fused-ring (bicyclic) bond motifs is 1. The van der Waals surface area contributed by atoms with Crippen molar-refractivity contribution in [2.75, 3.05) is 13.2 Å². The van der Waals surface area contributed by atoms with E-state index in [-0.39, 0.29) is 48.3 Å². The highest BCUT2D eigenvalue weighted by Gasteiger charge is 2.58. The largest absolute Gasteiger partial charge is 0.465 e. The Kier molecular flexibility index (Phi) is 9.34. The average molecular weight is 465 g/mol. The topological polar surface area (TPSA) is 93.1 Å². The number of hydrogen-bond donors (Lipinski definition) is 2. The van der Waals surface area contributed by atoms with Gasteiger partial charge in [-0.1, -0.05) is 39.8 Å². The van der Waals surface area contributed by atoms with Gasteiger partial charge in [-0.2, -0.15) is 0 Å². The monoisotopic (exact) mass is 464 g/mol. The van der Waals surface area contributed by atoms with E-state index in [9.17, 15) is 19.8 Å². The van der Waals surface area contributed by atoms with Gasteiger partial charge in [-0.15, -0.1) is 0 Å². The van der Waals surface area contributed by atoms with Crippen molar-refractivity contribution in [3.05, 3.63) is 23.8 Å². The Labute approximate surface area is 199 Å². The van der Waals surface area contributed by atoms with Gasteiger partial charge in [-0.05, 0) is 74.3 Å². The van der Waals surface area contributed by atoms with E-state index in [1.807, 2.05) is 26.8 Å². The van der Waals surface area contributed by atoms with Gasteiger partial charge in [-0.25, -0.2) is 0 Å². The molecule has 7 atom stereocenters. The van der Waals surface area contributed by atoms with Gasteiger partial charge < -0.3 is 19.7 Å². The van der Waals surface area contributed by atoms with Crippen molar-refractivity contribution in [2.45, 2.75) is 92.3 Å². The van der Waals surface area contributed by atoms with Crippen LogP contribution >= 0.6 is 0 Å². The first-order valence-electron chi connectivity index (χ1n) is 12.3. The number of hydrogen-bond acceptors (Lipinski definition) is 6. The third kappa shape index (κ3) is 6.48. The molecule has 0 unspecified atom stereocenters. The molecule has 2 fully saturated rings. The van der Waals surface area contributed by atoms with Crippen molar-refractivity contribution in [1.29, 1.82) is 0 Å². The Morgan fingerprint density at radius 2 is 1.88 bits per heavy atom. The normalized spacial score (nSPS) is 35.5. The molecule has 0 bridgehead atoms. The van der Waals surface area contributed by atoms with Crippen molar-refractivity contribution < 1.29 is 29.3 Å². The van der Waals surface area contributed by atoms with E-state index >= 15 is 0 Å². The molecule has 0 amide bonds. The van der Waals surface area contributed by atoms with E-state index < -0.39 is 17.6 Å². The lowest BCUT2D eigenvalue weighted by Gasteiger charge is -2.60. The van der Waals surface area contributed by atoms with Gasteiger partial charge >= 0.3 is 11.9 Å². The predicted molar refractivity (Wildman–Crippen MR) is 128 cm³/mol. The van der Waals surface area contributed by atoms with E-state index in [4.69, 9.17) is 9.47 Å². The van der Waals surface area contributed by atoms with Gasteiger partial charge in [-0.3, -0.25) is 9.59 Å². The van der Waals surface area contributed by atoms with Crippen LogP contribution in [-0.2, 0) is 19.1 Å². The molecule has 0 aromatic rings. The van der Waals surface area contributed by atoms with Gasteiger partial charge in [0.1, 0.15) is 6.61 Å². The molecule has 0 radical (unpaired) electrons. The molecular formula is C27H44O6. The molecule has 0 heterocycles. The highest BCUT2D eigenvalue weighted by Crippen LogP contribution is 2.62. The molecule has 2 aliphatic carbocycles. The van der Waals surface area contributed by atoms with Gasteiger partial charge in [0.2, 0.25) is 0 Å². The number of ether oxygens (including phenoxy) is 2. The lowest BCUT2D eigenvalue weighted by molar-refractivity contribution is -0.167. The Bertz CT molecular complexity index is 758. The van der Waals surface area contributed by atoms with Crippen LogP contribution in [0.25, 0.3) is 0 Å². The van der Waals surface area contributed by atoms with E-state index in [1.54, 1.807) is 0 Å². The molecule has 0 saturated heterocycles. The fourth-order valence-electron chi connectivity index (χ4n) is 6.16. The molecule has 2 aliphatic rings. The highest BCUT2D eigenvalue weighted by molar-refractivity contribution is 5.71. The van der Waals surface area contributed by atoms with E-state index in [1.165, 1.54) is 6.92 Å². The Morgan fingerprint density at radius 3 is 2.48 bits per heavy atom. The number of aliphatic hydroxyl groups excluding tert-OH is 2. The minimum atomic E-state index is -0.610. The maximum absolute atomic E-state index is 11.9. The van der Waals surface area contributed by atoms with Crippen LogP contribution in [0.4, 0.5) is 0 Å². The smallest absolute Gasteiger partial charge is 0.308 e. The number of allylic oxidation sites excluding steroid dienone is 1. The fraction of sp³-hybridized carbons (Fsp3) is 0.778. The SMILES string of the molecule is C=C1[C@@H](O)C[C@@H]2[C@@](C)(COC(C)=O)C[C@@H](O)C[C@]2(C)[C@H]1CC/C(C)=C/COC(=O)[C@@H](C)CC. The Balaban J connectivity index is 2.15. The van der Waals surface area contributed by atoms with Gasteiger partial charge in [0.15, 0.2) is 0 Å².